The van der Waals surface area contributed by atoms with E-state index < -0.39 is 16.2 Å². The maximum Gasteiger partial charge on any atom is 0.292 e. The maximum atomic E-state index is 12.3. The molecule has 1 aromatic carbocycles. The number of hydrogen-bond acceptors (Lipinski definition) is 4. The number of rotatable bonds is 5. The highest BCUT2D eigenvalue weighted by molar-refractivity contribution is 5.98. The second-order valence-electron chi connectivity index (χ2n) is 4.63. The van der Waals surface area contributed by atoms with Crippen molar-refractivity contribution in [2.75, 3.05) is 5.32 Å². The van der Waals surface area contributed by atoms with Gasteiger partial charge >= 0.3 is 0 Å². The summed E-state index contributed by atoms with van der Waals surface area (Å²) >= 11 is 0. The van der Waals surface area contributed by atoms with Gasteiger partial charge in [-0.2, -0.15) is 5.26 Å². The Morgan fingerprint density at radius 2 is 2.05 bits per heavy atom. The van der Waals surface area contributed by atoms with E-state index in [9.17, 15) is 20.2 Å². The summed E-state index contributed by atoms with van der Waals surface area (Å²) in [5.41, 5.74) is -0.414. The molecule has 0 atom stereocenters. The first-order valence-electron chi connectivity index (χ1n) is 6.38. The molecule has 0 heterocycles. The molecule has 0 aliphatic rings. The van der Waals surface area contributed by atoms with Crippen molar-refractivity contribution in [2.45, 2.75) is 33.6 Å². The number of anilines is 1. The first-order chi connectivity index (χ1) is 9.40. The van der Waals surface area contributed by atoms with Gasteiger partial charge in [0, 0.05) is 6.07 Å². The Labute approximate surface area is 117 Å². The lowest BCUT2D eigenvalue weighted by Gasteiger charge is -2.22. The van der Waals surface area contributed by atoms with Crippen molar-refractivity contribution in [3.05, 3.63) is 33.9 Å². The average molecular weight is 275 g/mol. The molecule has 0 aromatic heterocycles. The van der Waals surface area contributed by atoms with Crippen LogP contribution in [0.2, 0.25) is 0 Å². The van der Waals surface area contributed by atoms with Crippen LogP contribution in [-0.4, -0.2) is 10.8 Å². The van der Waals surface area contributed by atoms with E-state index in [1.807, 2.05) is 6.07 Å². The lowest BCUT2D eigenvalue weighted by Crippen LogP contribution is -2.34. The molecule has 106 valence electrons. The fourth-order valence-electron chi connectivity index (χ4n) is 1.93. The minimum Gasteiger partial charge on any atom is -0.319 e. The molecule has 1 aromatic rings. The van der Waals surface area contributed by atoms with Gasteiger partial charge in [0.1, 0.15) is 11.1 Å². The van der Waals surface area contributed by atoms with Gasteiger partial charge in [-0.15, -0.1) is 0 Å². The number of carbonyl (C=O) groups is 1. The second kappa shape index (κ2) is 6.15. The van der Waals surface area contributed by atoms with E-state index in [-0.39, 0.29) is 11.4 Å². The lowest BCUT2D eigenvalue weighted by molar-refractivity contribution is -0.383. The van der Waals surface area contributed by atoms with Gasteiger partial charge < -0.3 is 5.32 Å². The number of benzene rings is 1. The molecule has 0 radical (unpaired) electrons. The van der Waals surface area contributed by atoms with E-state index in [0.717, 1.165) is 5.56 Å². The molecule has 0 unspecified atom stereocenters. The molecule has 6 nitrogen and oxygen atoms in total. The summed E-state index contributed by atoms with van der Waals surface area (Å²) in [6.07, 6.45) is 0.705. The molecule has 20 heavy (non-hydrogen) atoms. The Hall–Kier alpha value is -2.42. The Morgan fingerprint density at radius 3 is 2.50 bits per heavy atom. The quantitative estimate of drug-likeness (QED) is 0.659. The number of nitro benzene ring substituents is 1. The first kappa shape index (κ1) is 15.6. The fraction of sp³-hybridized carbons (Fsp3) is 0.429. The van der Waals surface area contributed by atoms with Gasteiger partial charge in [-0.05, 0) is 31.4 Å². The number of nitrogens with one attached hydrogen (secondary N) is 1. The number of nitriles is 1. The normalized spacial score (nSPS) is 10.7. The van der Waals surface area contributed by atoms with Gasteiger partial charge in [0.05, 0.1) is 11.0 Å². The highest BCUT2D eigenvalue weighted by Crippen LogP contribution is 2.31. The molecule has 1 rings (SSSR count). The maximum absolute atomic E-state index is 12.3. The Bertz CT molecular complexity index is 572. The smallest absolute Gasteiger partial charge is 0.292 e. The minimum atomic E-state index is -1.16. The molecule has 0 aliphatic carbocycles. The minimum absolute atomic E-state index is 0.126. The molecular formula is C14H17N3O3. The van der Waals surface area contributed by atoms with Gasteiger partial charge in [-0.3, -0.25) is 14.9 Å². The number of nitrogens with zero attached hydrogens (tertiary/aromatic N) is 2. The van der Waals surface area contributed by atoms with Gasteiger partial charge in [-0.1, -0.05) is 19.9 Å². The van der Waals surface area contributed by atoms with Gasteiger partial charge in [0.25, 0.3) is 5.69 Å². The molecule has 0 aliphatic heterocycles. The highest BCUT2D eigenvalue weighted by Gasteiger charge is 2.36. The van der Waals surface area contributed by atoms with Gasteiger partial charge in [0.15, 0.2) is 0 Å². The van der Waals surface area contributed by atoms with Crippen LogP contribution in [0.15, 0.2) is 18.2 Å². The predicted octanol–water partition coefficient (Wildman–Crippen LogP) is 3.17. The van der Waals surface area contributed by atoms with E-state index >= 15 is 0 Å². The summed E-state index contributed by atoms with van der Waals surface area (Å²) < 4.78 is 0. The molecule has 0 saturated carbocycles. The van der Waals surface area contributed by atoms with Gasteiger partial charge in [-0.25, -0.2) is 0 Å². The van der Waals surface area contributed by atoms with Crippen molar-refractivity contribution < 1.29 is 9.72 Å². The van der Waals surface area contributed by atoms with Crippen molar-refractivity contribution in [2.24, 2.45) is 5.41 Å². The van der Waals surface area contributed by atoms with E-state index in [1.54, 1.807) is 26.8 Å². The van der Waals surface area contributed by atoms with Crippen LogP contribution in [0.25, 0.3) is 0 Å². The average Bonchev–Trinajstić information content (AvgIpc) is 2.41. The summed E-state index contributed by atoms with van der Waals surface area (Å²) in [5.74, 6) is -0.501. The fourth-order valence-corrected chi connectivity index (χ4v) is 1.93. The summed E-state index contributed by atoms with van der Waals surface area (Å²) in [5, 5.41) is 22.7. The molecule has 0 saturated heterocycles. The number of hydrogen-bond donors (Lipinski definition) is 1. The third kappa shape index (κ3) is 2.94. The van der Waals surface area contributed by atoms with Crippen LogP contribution in [-0.2, 0) is 4.79 Å². The molecule has 1 amide bonds. The summed E-state index contributed by atoms with van der Waals surface area (Å²) in [6, 6.07) is 6.49. The Morgan fingerprint density at radius 1 is 1.45 bits per heavy atom. The van der Waals surface area contributed by atoms with Crippen molar-refractivity contribution in [3.63, 3.8) is 0 Å². The molecule has 0 fully saturated rings. The van der Waals surface area contributed by atoms with Crippen LogP contribution < -0.4 is 5.32 Å². The van der Waals surface area contributed by atoms with E-state index in [2.05, 4.69) is 5.32 Å². The summed E-state index contributed by atoms with van der Waals surface area (Å²) in [6.45, 7) is 5.27. The monoisotopic (exact) mass is 275 g/mol. The number of amides is 1. The van der Waals surface area contributed by atoms with Crippen LogP contribution in [0.5, 0.6) is 0 Å². The van der Waals surface area contributed by atoms with Crippen LogP contribution in [0, 0.1) is 33.8 Å². The first-order valence-corrected chi connectivity index (χ1v) is 6.38. The third-order valence-electron chi connectivity index (χ3n) is 3.45. The molecule has 0 bridgehead atoms. The number of nitro groups is 1. The molecule has 6 heteroatoms. The van der Waals surface area contributed by atoms with Crippen LogP contribution in [0.1, 0.15) is 32.3 Å². The van der Waals surface area contributed by atoms with Crippen molar-refractivity contribution in [1.29, 1.82) is 5.26 Å². The standard InChI is InChI=1S/C14H17N3O3/c1-4-14(5-2,9-15)13(18)16-11-8-10(3)6-7-12(11)17(19)20/h6-8H,4-5H2,1-3H3,(H,16,18). The summed E-state index contributed by atoms with van der Waals surface area (Å²) in [4.78, 5) is 22.7. The predicted molar refractivity (Wildman–Crippen MR) is 75.1 cm³/mol. The van der Waals surface area contributed by atoms with Gasteiger partial charge in [0.2, 0.25) is 5.91 Å². The molecule has 0 spiro atoms. The zero-order valence-corrected chi connectivity index (χ0v) is 11.8. The number of carbonyl (C=O) groups excluding carboxylic acids is 1. The van der Waals surface area contributed by atoms with Crippen LogP contribution in [0.3, 0.4) is 0 Å². The van der Waals surface area contributed by atoms with Crippen molar-refractivity contribution in [1.82, 2.24) is 0 Å². The highest BCUT2D eigenvalue weighted by atomic mass is 16.6. The van der Waals surface area contributed by atoms with E-state index in [0.29, 0.717) is 12.8 Å². The Balaban J connectivity index is 3.16. The second-order valence-corrected chi connectivity index (χ2v) is 4.63. The topological polar surface area (TPSA) is 96.0 Å². The van der Waals surface area contributed by atoms with E-state index in [4.69, 9.17) is 0 Å². The third-order valence-corrected chi connectivity index (χ3v) is 3.45. The molecule has 1 N–H and O–H groups in total. The van der Waals surface area contributed by atoms with Crippen LogP contribution >= 0.6 is 0 Å². The number of aryl methyl sites for hydroxylation is 1. The van der Waals surface area contributed by atoms with E-state index in [1.165, 1.54) is 12.1 Å². The zero-order chi connectivity index (χ0) is 15.3. The molecular weight excluding hydrogens is 258 g/mol. The van der Waals surface area contributed by atoms with Crippen molar-refractivity contribution in [3.8, 4) is 6.07 Å². The largest absolute Gasteiger partial charge is 0.319 e. The zero-order valence-electron chi connectivity index (χ0n) is 11.8. The Kier molecular flexibility index (Phi) is 4.81. The van der Waals surface area contributed by atoms with Crippen molar-refractivity contribution >= 4 is 17.3 Å². The SMILES string of the molecule is CCC(C#N)(CC)C(=O)Nc1cc(C)ccc1[N+](=O)[O-]. The van der Waals surface area contributed by atoms with Crippen LogP contribution in [0.4, 0.5) is 11.4 Å². The summed E-state index contributed by atoms with van der Waals surface area (Å²) in [7, 11) is 0. The lowest BCUT2D eigenvalue weighted by atomic mass is 9.83.